The number of nitrogens with zero attached hydrogens (tertiary/aromatic N) is 3. The summed E-state index contributed by atoms with van der Waals surface area (Å²) in [6, 6.07) is 28.0. The maximum Gasteiger partial charge on any atom is 0.261 e. The maximum atomic E-state index is 13.6. The van der Waals surface area contributed by atoms with Crippen molar-refractivity contribution >= 4 is 150 Å². The van der Waals surface area contributed by atoms with Gasteiger partial charge in [0.15, 0.2) is 0 Å². The number of rotatable bonds is 1. The Bertz CT molecular complexity index is 5690. The average molecular weight is 1990 g/mol. The van der Waals surface area contributed by atoms with Crippen molar-refractivity contribution in [1.29, 1.82) is 0 Å². The summed E-state index contributed by atoms with van der Waals surface area (Å²) in [6.45, 7) is 41.0. The van der Waals surface area contributed by atoms with Crippen molar-refractivity contribution in [3.05, 3.63) is 188 Å². The zero-order valence-electron chi connectivity index (χ0n) is 58.5. The Hall–Kier alpha value is -2.70. The second-order valence-electron chi connectivity index (χ2n) is 26.0. The van der Waals surface area contributed by atoms with Gasteiger partial charge in [0.1, 0.15) is 0 Å². The van der Waals surface area contributed by atoms with Crippen LogP contribution in [-0.2, 0) is 212 Å². The predicted molar refractivity (Wildman–Crippen MR) is 364 cm³/mol. The van der Waals surface area contributed by atoms with Gasteiger partial charge < -0.3 is 0 Å². The van der Waals surface area contributed by atoms with E-state index in [-0.39, 0.29) is 241 Å². The molecule has 0 atom stereocenters. The van der Waals surface area contributed by atoms with Crippen LogP contribution in [0, 0.1) is 147 Å². The van der Waals surface area contributed by atoms with E-state index in [4.69, 9.17) is 6.58 Å². The van der Waals surface area contributed by atoms with Crippen molar-refractivity contribution in [3.8, 4) is 0 Å². The second kappa shape index (κ2) is 28.7. The number of fused-ring (bicyclic) bond motifs is 4. The number of benzene rings is 13. The van der Waals surface area contributed by atoms with Gasteiger partial charge in [-0.2, -0.15) is 70.6 Å². The van der Waals surface area contributed by atoms with Gasteiger partial charge in [0.2, 0.25) is 11.8 Å². The van der Waals surface area contributed by atoms with Gasteiger partial charge >= 0.3 is 0 Å². The third kappa shape index (κ3) is 11.2. The standard InChI is InChI=1S/C33H27N2O4.C26H20.C22H19NO2.2W.5Y/c1-11-10-18-20-12(2)15(5)24-29-25(33(39)35(9)32(24)38)17(7)14(4)22(28(20)29)21-13(3)16(6)23-27(26(18)21)19(11)30(36)34(8)31(23)37;1-13-7-19-11-15(3)18(6)24-22-10-14(2)8-20-12-16(4)17(5)23(26(20)22)21(9-13)25(19)24;1-7-14-8-10(2)16-12(4)13(5)18-20-17(21(24)23(6)22(18)25)11(3)9-15(14)19(16)20;;;;;;;/h1-9H3;7-8H,1-6H3;2,8H,7H2,1,3-6H3;;;;;;;/q-1;-4;-2;;;;;;;. The first-order chi connectivity index (χ1) is 42.5. The molecule has 13 aromatic carbocycles. The molecule has 0 N–H and O–H groups in total. The fourth-order valence-corrected chi connectivity index (χ4v) is 16.0. The Morgan fingerprint density at radius 3 is 0.959 bits per heavy atom. The first-order valence-corrected chi connectivity index (χ1v) is 30.7. The molecule has 0 fully saturated rings. The van der Waals surface area contributed by atoms with Gasteiger partial charge in [-0.15, -0.1) is 98.2 Å². The summed E-state index contributed by atoms with van der Waals surface area (Å²) in [5, 5.41) is 21.1. The van der Waals surface area contributed by atoms with Crippen LogP contribution in [0.5, 0.6) is 0 Å². The summed E-state index contributed by atoms with van der Waals surface area (Å²) in [5.41, 5.74) is 20.5. The Morgan fingerprint density at radius 1 is 0.299 bits per heavy atom. The Kier molecular flexibility index (Phi) is 24.2. The van der Waals surface area contributed by atoms with Gasteiger partial charge in [-0.25, -0.2) is 17.9 Å². The number of imide groups is 3. The van der Waals surface area contributed by atoms with E-state index >= 15 is 0 Å². The van der Waals surface area contributed by atoms with Crippen molar-refractivity contribution < 1.29 is 234 Å². The van der Waals surface area contributed by atoms with Crippen molar-refractivity contribution in [2.45, 2.75) is 124 Å². The molecule has 3 aliphatic heterocycles. The molecule has 0 spiro atoms. The van der Waals surface area contributed by atoms with E-state index < -0.39 is 0 Å². The number of amides is 6. The number of carbonyl (C=O) groups is 6. The Labute approximate surface area is 721 Å². The van der Waals surface area contributed by atoms with E-state index in [9.17, 15) is 28.8 Å². The summed E-state index contributed by atoms with van der Waals surface area (Å²) in [6.07, 6.45) is 0.814. The fourth-order valence-electron chi connectivity index (χ4n) is 16.0. The van der Waals surface area contributed by atoms with E-state index in [0.717, 1.165) is 127 Å². The molecule has 6 amide bonds. The molecular formula is C81H66N3O6W2Y5-7. The molecule has 16 heteroatoms. The third-order valence-electron chi connectivity index (χ3n) is 21.2. The van der Waals surface area contributed by atoms with Gasteiger partial charge in [0.25, 0.3) is 23.6 Å². The van der Waals surface area contributed by atoms with Crippen LogP contribution >= 0.6 is 0 Å². The molecule has 0 bridgehead atoms. The van der Waals surface area contributed by atoms with Crippen molar-refractivity contribution in [3.63, 3.8) is 0 Å². The molecule has 3 heterocycles. The largest absolute Gasteiger partial charge is 0.286 e. The van der Waals surface area contributed by atoms with Crippen LogP contribution in [0.25, 0.3) is 114 Å². The average Bonchev–Trinajstić information content (AvgIpc) is 0.676. The van der Waals surface area contributed by atoms with Crippen molar-refractivity contribution in [2.75, 3.05) is 21.1 Å². The second-order valence-corrected chi connectivity index (χ2v) is 26.0. The van der Waals surface area contributed by atoms with Crippen molar-refractivity contribution in [2.24, 2.45) is 0 Å². The summed E-state index contributed by atoms with van der Waals surface area (Å²) in [4.78, 5) is 83.6. The summed E-state index contributed by atoms with van der Waals surface area (Å²) in [7, 11) is 4.62. The number of hydrogen-bond donors (Lipinski definition) is 0. The first-order valence-electron chi connectivity index (χ1n) is 30.7. The number of aryl methyl sites for hydroxylation is 13. The molecule has 3 aliphatic rings. The molecule has 0 saturated heterocycles. The molecule has 97 heavy (non-hydrogen) atoms. The van der Waals surface area contributed by atoms with Crippen LogP contribution in [0.1, 0.15) is 164 Å². The van der Waals surface area contributed by atoms with Crippen LogP contribution in [0.2, 0.25) is 0 Å². The third-order valence-corrected chi connectivity index (χ3v) is 21.2. The summed E-state index contributed by atoms with van der Waals surface area (Å²) >= 11 is 0. The van der Waals surface area contributed by atoms with E-state index in [0.29, 0.717) is 54.9 Å². The molecule has 16 rings (SSSR count). The van der Waals surface area contributed by atoms with E-state index in [1.165, 1.54) is 87.1 Å². The van der Waals surface area contributed by atoms with Crippen LogP contribution in [0.3, 0.4) is 0 Å². The van der Waals surface area contributed by atoms with E-state index in [1.807, 2.05) is 75.3 Å². The molecule has 0 aromatic heterocycles. The minimum atomic E-state index is -0.321. The van der Waals surface area contributed by atoms with E-state index in [2.05, 4.69) is 97.0 Å². The van der Waals surface area contributed by atoms with Crippen molar-refractivity contribution in [1.82, 2.24) is 14.7 Å². The van der Waals surface area contributed by atoms with Gasteiger partial charge in [0.05, 0.1) is 11.1 Å². The minimum Gasteiger partial charge on any atom is -0.286 e. The number of carbonyl (C=O) groups excluding carboxylic acids is 6. The quantitative estimate of drug-likeness (QED) is 0.0700. The Morgan fingerprint density at radius 2 is 0.588 bits per heavy atom. The van der Waals surface area contributed by atoms with Gasteiger partial charge in [-0.3, -0.25) is 43.5 Å². The van der Waals surface area contributed by atoms with Gasteiger partial charge in [-0.05, 0) is 115 Å². The molecule has 0 aliphatic carbocycles. The first kappa shape index (κ1) is 81.6. The monoisotopic (exact) mass is 1990 g/mol. The van der Waals surface area contributed by atoms with Crippen LogP contribution < -0.4 is 5.22 Å². The van der Waals surface area contributed by atoms with Gasteiger partial charge in [-0.1, -0.05) is 103 Å². The molecule has 475 valence electrons. The molecule has 5 radical (unpaired) electrons. The topological polar surface area (TPSA) is 112 Å². The molecule has 9 nitrogen and oxygen atoms in total. The van der Waals surface area contributed by atoms with Crippen LogP contribution in [0.4, 0.5) is 0 Å². The number of hydrogen-bond acceptors (Lipinski definition) is 6. The smallest absolute Gasteiger partial charge is 0.261 e. The Balaban J connectivity index is 0.000000204. The van der Waals surface area contributed by atoms with E-state index in [1.54, 1.807) is 14.1 Å². The molecule has 0 unspecified atom stereocenters. The fraction of sp³-hybridized carbons (Fsp3) is 0.259. The van der Waals surface area contributed by atoms with Crippen LogP contribution in [0.15, 0.2) is 18.2 Å². The zero-order valence-corrected chi connectivity index (χ0v) is 78.6. The molecule has 0 saturated carbocycles. The molecular weight excluding hydrogens is 1920 g/mol. The normalized spacial score (nSPS) is 13.1. The van der Waals surface area contributed by atoms with Crippen LogP contribution in [-0.4, -0.2) is 71.3 Å². The predicted octanol–water partition coefficient (Wildman–Crippen LogP) is 16.4. The van der Waals surface area contributed by atoms with Gasteiger partial charge in [0, 0.05) is 238 Å². The zero-order chi connectivity index (χ0) is 64.7. The summed E-state index contributed by atoms with van der Waals surface area (Å²) < 4.78 is 0. The SMILES string of the molecule is Cc1[c-]c2c3c(C)c(C)[c-]c4cc(C)[c-]c(c5c(C)c(C)[c-]c(c1)c25)c43.Cc1[c-]c2c3c(C)c(C)c4c5c(c(C)c(C)c(c6c(C)c(C)c7c(c1C(=O)N(C)C7=O)c26)c53)C(=O)N(C)C4=O.[CH-]=c1cc(CC)c2[c-]c(C)c3c4c(c(C)c(C)c1c24)C(=O)N(C)C3=O.[W].[W].[Y].[Y].[Y].[Y].[Y]. The molecule has 13 aromatic rings. The summed E-state index contributed by atoms with van der Waals surface area (Å²) in [5.74, 6) is -1.72. The minimum absolute atomic E-state index is 0. The maximum absolute atomic E-state index is 13.6.